The molecule has 0 unspecified atom stereocenters. The normalized spacial score (nSPS) is 16.9. The molecule has 0 saturated heterocycles. The second-order valence-corrected chi connectivity index (χ2v) is 7.30. The molecule has 0 radical (unpaired) electrons. The molecule has 1 N–H and O–H groups in total. The van der Waals surface area contributed by atoms with E-state index in [0.717, 1.165) is 50.8 Å². The third-order valence-electron chi connectivity index (χ3n) is 5.08. The molecule has 0 atom stereocenters. The van der Waals surface area contributed by atoms with Crippen LogP contribution in [0.5, 0.6) is 0 Å². The summed E-state index contributed by atoms with van der Waals surface area (Å²) >= 11 is 0. The van der Waals surface area contributed by atoms with E-state index < -0.39 is 5.97 Å². The first kappa shape index (κ1) is 17.7. The number of esters is 1. The zero-order valence-corrected chi connectivity index (χ0v) is 15.2. The molecule has 27 heavy (non-hydrogen) atoms. The second-order valence-electron chi connectivity index (χ2n) is 7.30. The summed E-state index contributed by atoms with van der Waals surface area (Å²) < 4.78 is 6.85. The Hall–Kier alpha value is -2.70. The van der Waals surface area contributed by atoms with Crippen LogP contribution in [-0.4, -0.2) is 34.1 Å². The molecular formula is C20H23N3O4. The van der Waals surface area contributed by atoms with Gasteiger partial charge < -0.3 is 10.1 Å². The van der Waals surface area contributed by atoms with Crippen LogP contribution in [0.1, 0.15) is 54.7 Å². The van der Waals surface area contributed by atoms with Crippen LogP contribution in [0.3, 0.4) is 0 Å². The number of nitrogens with zero attached hydrogens (tertiary/aromatic N) is 2. The Morgan fingerprint density at radius 3 is 2.81 bits per heavy atom. The maximum absolute atomic E-state index is 12.8. The molecule has 7 heteroatoms. The molecule has 1 fully saturated rings. The number of carbonyl (C=O) groups is 2. The van der Waals surface area contributed by atoms with Crippen molar-refractivity contribution in [2.45, 2.75) is 57.5 Å². The van der Waals surface area contributed by atoms with Crippen LogP contribution in [-0.2, 0) is 22.5 Å². The topological polar surface area (TPSA) is 90.3 Å². The average molecular weight is 369 g/mol. The van der Waals surface area contributed by atoms with Gasteiger partial charge in [-0.2, -0.15) is 0 Å². The van der Waals surface area contributed by atoms with E-state index in [1.807, 2.05) is 0 Å². The fourth-order valence-corrected chi connectivity index (χ4v) is 3.43. The van der Waals surface area contributed by atoms with Gasteiger partial charge in [0.15, 0.2) is 6.61 Å². The minimum Gasteiger partial charge on any atom is -0.452 e. The van der Waals surface area contributed by atoms with Crippen molar-refractivity contribution in [3.63, 3.8) is 0 Å². The molecule has 142 valence electrons. The third-order valence-corrected chi connectivity index (χ3v) is 5.08. The summed E-state index contributed by atoms with van der Waals surface area (Å²) in [5.41, 5.74) is 0.744. The number of carbonyl (C=O) groups excluding carboxylic acids is 2. The maximum Gasteiger partial charge on any atom is 0.338 e. The monoisotopic (exact) mass is 369 g/mol. The maximum atomic E-state index is 12.8. The van der Waals surface area contributed by atoms with Crippen LogP contribution in [0.25, 0.3) is 10.9 Å². The number of ether oxygens (including phenoxy) is 1. The van der Waals surface area contributed by atoms with E-state index in [0.29, 0.717) is 23.0 Å². The largest absolute Gasteiger partial charge is 0.452 e. The Balaban J connectivity index is 1.55. The summed E-state index contributed by atoms with van der Waals surface area (Å²) in [5.74, 6) is -0.0950. The molecule has 2 heterocycles. The van der Waals surface area contributed by atoms with Gasteiger partial charge in [-0.3, -0.25) is 14.2 Å². The zero-order chi connectivity index (χ0) is 18.8. The van der Waals surface area contributed by atoms with Crippen molar-refractivity contribution in [3.05, 3.63) is 39.9 Å². The van der Waals surface area contributed by atoms with Gasteiger partial charge in [0, 0.05) is 19.0 Å². The van der Waals surface area contributed by atoms with Gasteiger partial charge in [0.2, 0.25) is 0 Å². The highest BCUT2D eigenvalue weighted by Gasteiger charge is 2.24. The first-order valence-electron chi connectivity index (χ1n) is 9.62. The van der Waals surface area contributed by atoms with Crippen LogP contribution in [0, 0.1) is 0 Å². The summed E-state index contributed by atoms with van der Waals surface area (Å²) in [6, 6.07) is 4.99. The van der Waals surface area contributed by atoms with E-state index >= 15 is 0 Å². The average Bonchev–Trinajstić information content (AvgIpc) is 3.45. The van der Waals surface area contributed by atoms with Gasteiger partial charge in [0.1, 0.15) is 5.82 Å². The molecule has 0 bridgehead atoms. The van der Waals surface area contributed by atoms with Crippen molar-refractivity contribution in [2.75, 3.05) is 6.61 Å². The van der Waals surface area contributed by atoms with Gasteiger partial charge >= 0.3 is 5.97 Å². The van der Waals surface area contributed by atoms with Crippen molar-refractivity contribution >= 4 is 22.8 Å². The van der Waals surface area contributed by atoms with Crippen molar-refractivity contribution in [1.82, 2.24) is 14.9 Å². The van der Waals surface area contributed by atoms with E-state index in [4.69, 9.17) is 4.74 Å². The van der Waals surface area contributed by atoms with Crippen molar-refractivity contribution in [1.29, 1.82) is 0 Å². The predicted molar refractivity (Wildman–Crippen MR) is 99.6 cm³/mol. The summed E-state index contributed by atoms with van der Waals surface area (Å²) in [7, 11) is 0. The summed E-state index contributed by atoms with van der Waals surface area (Å²) in [4.78, 5) is 41.4. The summed E-state index contributed by atoms with van der Waals surface area (Å²) in [6.45, 7) is 0.394. The number of hydrogen-bond donors (Lipinski definition) is 1. The Morgan fingerprint density at radius 2 is 2.00 bits per heavy atom. The molecule has 2 aliphatic rings. The number of aryl methyl sites for hydroxylation is 1. The van der Waals surface area contributed by atoms with Crippen LogP contribution in [0.4, 0.5) is 0 Å². The lowest BCUT2D eigenvalue weighted by molar-refractivity contribution is -0.124. The van der Waals surface area contributed by atoms with Crippen molar-refractivity contribution in [2.24, 2.45) is 0 Å². The molecule has 1 amide bonds. The molecule has 0 spiro atoms. The highest BCUT2D eigenvalue weighted by molar-refractivity contribution is 5.95. The summed E-state index contributed by atoms with van der Waals surface area (Å²) in [5, 5.41) is 3.27. The smallest absolute Gasteiger partial charge is 0.338 e. The Morgan fingerprint density at radius 1 is 1.19 bits per heavy atom. The van der Waals surface area contributed by atoms with E-state index in [2.05, 4.69) is 10.3 Å². The molecular weight excluding hydrogens is 346 g/mol. The minimum absolute atomic E-state index is 0.0550. The molecule has 2 aromatic rings. The van der Waals surface area contributed by atoms with Gasteiger partial charge in [-0.25, -0.2) is 9.78 Å². The van der Waals surface area contributed by atoms with Gasteiger partial charge in [0.25, 0.3) is 11.5 Å². The Bertz CT molecular complexity index is 946. The number of nitrogens with one attached hydrogen (secondary N) is 1. The highest BCUT2D eigenvalue weighted by atomic mass is 16.5. The van der Waals surface area contributed by atoms with Gasteiger partial charge in [-0.05, 0) is 43.9 Å². The van der Waals surface area contributed by atoms with Crippen LogP contribution < -0.4 is 10.9 Å². The standard InChI is InChI=1S/C20H23N3O4/c24-18(21-14-7-8-14)12-27-20(26)13-6-9-15-16(11-13)22-17-5-3-1-2-4-10-23(17)19(15)25/h6,9,11,14H,1-5,7-8,10,12H2,(H,21,24). The molecule has 1 aliphatic heterocycles. The van der Waals surface area contributed by atoms with E-state index in [1.165, 1.54) is 0 Å². The number of aromatic nitrogens is 2. The number of benzene rings is 1. The minimum atomic E-state index is -0.587. The number of hydrogen-bond acceptors (Lipinski definition) is 5. The summed E-state index contributed by atoms with van der Waals surface area (Å²) in [6.07, 6.45) is 6.99. The van der Waals surface area contributed by atoms with E-state index in [1.54, 1.807) is 22.8 Å². The Kier molecular flexibility index (Phi) is 4.92. The quantitative estimate of drug-likeness (QED) is 0.832. The zero-order valence-electron chi connectivity index (χ0n) is 15.2. The Labute approximate surface area is 156 Å². The molecule has 1 aromatic carbocycles. The predicted octanol–water partition coefficient (Wildman–Crippen LogP) is 1.95. The SMILES string of the molecule is O=C(COC(=O)c1ccc2c(=O)n3c(nc2c1)CCCCCC3)NC1CC1. The van der Waals surface area contributed by atoms with Crippen molar-refractivity contribution < 1.29 is 14.3 Å². The molecule has 7 nitrogen and oxygen atoms in total. The van der Waals surface area contributed by atoms with Crippen LogP contribution in [0.2, 0.25) is 0 Å². The van der Waals surface area contributed by atoms with Gasteiger partial charge in [-0.15, -0.1) is 0 Å². The number of fused-ring (bicyclic) bond motifs is 2. The number of amides is 1. The first-order valence-corrected chi connectivity index (χ1v) is 9.62. The van der Waals surface area contributed by atoms with E-state index in [9.17, 15) is 14.4 Å². The van der Waals surface area contributed by atoms with Crippen molar-refractivity contribution in [3.8, 4) is 0 Å². The fourth-order valence-electron chi connectivity index (χ4n) is 3.43. The van der Waals surface area contributed by atoms with E-state index in [-0.39, 0.29) is 24.1 Å². The lowest BCUT2D eigenvalue weighted by Gasteiger charge is -2.16. The van der Waals surface area contributed by atoms with Crippen LogP contribution in [0.15, 0.2) is 23.0 Å². The van der Waals surface area contributed by atoms with Gasteiger partial charge in [-0.1, -0.05) is 12.8 Å². The first-order chi connectivity index (χ1) is 13.1. The second kappa shape index (κ2) is 7.50. The fraction of sp³-hybridized carbons (Fsp3) is 0.500. The molecule has 1 aromatic heterocycles. The van der Waals surface area contributed by atoms with Gasteiger partial charge in [0.05, 0.1) is 16.5 Å². The highest BCUT2D eigenvalue weighted by Crippen LogP contribution is 2.19. The van der Waals surface area contributed by atoms with Crippen LogP contribution >= 0.6 is 0 Å². The molecule has 4 rings (SSSR count). The third kappa shape index (κ3) is 4.02. The molecule has 1 aliphatic carbocycles. The lowest BCUT2D eigenvalue weighted by atomic mass is 10.1. The number of rotatable bonds is 4. The molecule has 1 saturated carbocycles. The lowest BCUT2D eigenvalue weighted by Crippen LogP contribution is -2.30.